The van der Waals surface area contributed by atoms with E-state index in [0.717, 1.165) is 0 Å². The maximum absolute atomic E-state index is 12.0. The second-order valence-corrected chi connectivity index (χ2v) is 21.5. The smallest absolute Gasteiger partial charge is 0.476 e. The number of aliphatic hydroxyl groups is 1. The van der Waals surface area contributed by atoms with E-state index in [1.54, 1.807) is 24.3 Å². The van der Waals surface area contributed by atoms with E-state index in [1.807, 2.05) is 6.55 Å². The summed E-state index contributed by atoms with van der Waals surface area (Å²) in [5, 5.41) is 9.81. The Bertz CT molecular complexity index is 626. The predicted molar refractivity (Wildman–Crippen MR) is 119 cm³/mol. The lowest BCUT2D eigenvalue weighted by molar-refractivity contribution is 0.0488. The molecular weight excluding hydrogens is 408 g/mol. The van der Waals surface area contributed by atoms with E-state index in [9.17, 15) is 9.90 Å². The summed E-state index contributed by atoms with van der Waals surface area (Å²) in [6.07, 6.45) is 0. The molecule has 28 heavy (non-hydrogen) atoms. The van der Waals surface area contributed by atoms with Crippen molar-refractivity contribution in [2.24, 2.45) is 0 Å². The zero-order valence-electron chi connectivity index (χ0n) is 18.7. The summed E-state index contributed by atoms with van der Waals surface area (Å²) in [6.45, 7) is 18.4. The third kappa shape index (κ3) is 9.59. The third-order valence-electron chi connectivity index (χ3n) is 3.37. The minimum Gasteiger partial charge on any atom is -0.491 e. The largest absolute Gasteiger partial charge is 0.491 e. The molecular formula is C19H36O6Si3. The summed E-state index contributed by atoms with van der Waals surface area (Å²) in [7, 11) is -6.35. The number of Topliss-reactive ketones (excluding diaryl/α,β-unsaturated/α-hetero) is 1. The Labute approximate surface area is 172 Å². The molecule has 0 heterocycles. The van der Waals surface area contributed by atoms with E-state index in [2.05, 4.69) is 39.3 Å². The summed E-state index contributed by atoms with van der Waals surface area (Å²) < 4.78 is 24.3. The Morgan fingerprint density at radius 1 is 0.893 bits per heavy atom. The van der Waals surface area contributed by atoms with Crippen molar-refractivity contribution in [1.82, 2.24) is 0 Å². The highest BCUT2D eigenvalue weighted by Gasteiger charge is 2.43. The number of ketones is 1. The molecule has 1 aromatic rings. The maximum Gasteiger partial charge on any atom is 0.476 e. The van der Waals surface area contributed by atoms with Crippen LogP contribution in [0.5, 0.6) is 5.75 Å². The molecule has 0 aromatic heterocycles. The maximum atomic E-state index is 12.0. The number of rotatable bonds is 11. The summed E-state index contributed by atoms with van der Waals surface area (Å²) in [4.78, 5) is 12.0. The summed E-state index contributed by atoms with van der Waals surface area (Å²) in [5.41, 5.74) is -0.943. The number of carbonyl (C=O) groups is 1. The predicted octanol–water partition coefficient (Wildman–Crippen LogP) is 4.31. The molecule has 0 saturated carbocycles. The minimum atomic E-state index is -2.73. The molecule has 160 valence electrons. The first-order chi connectivity index (χ1) is 12.5. The second-order valence-electron chi connectivity index (χ2n) is 9.40. The van der Waals surface area contributed by atoms with Crippen LogP contribution in [0.4, 0.5) is 0 Å². The first kappa shape index (κ1) is 25.2. The van der Waals surface area contributed by atoms with E-state index >= 15 is 0 Å². The van der Waals surface area contributed by atoms with Gasteiger partial charge in [0.15, 0.2) is 22.4 Å². The first-order valence-electron chi connectivity index (χ1n) is 9.55. The standard InChI is InChI=1S/C19H36O6Si3/c1-19(2,21)18(20)16-10-12-17(13-11-16)22-14-15-23-28(9,24-26(3,4)5)25-27(6,7)8/h10-13,21H,14-15H2,1-9H3. The average Bonchev–Trinajstić information content (AvgIpc) is 2.47. The quantitative estimate of drug-likeness (QED) is 0.311. The van der Waals surface area contributed by atoms with E-state index in [-0.39, 0.29) is 5.78 Å². The molecule has 0 aliphatic carbocycles. The molecule has 0 aliphatic rings. The van der Waals surface area contributed by atoms with Crippen LogP contribution in [0.15, 0.2) is 24.3 Å². The number of benzene rings is 1. The van der Waals surface area contributed by atoms with Crippen LogP contribution >= 0.6 is 0 Å². The average molecular weight is 445 g/mol. The van der Waals surface area contributed by atoms with Crippen LogP contribution in [-0.2, 0) is 12.7 Å². The number of hydrogen-bond acceptors (Lipinski definition) is 6. The molecule has 0 fully saturated rings. The van der Waals surface area contributed by atoms with Crippen molar-refractivity contribution in [3.05, 3.63) is 29.8 Å². The highest BCUT2D eigenvalue weighted by atomic mass is 28.5. The summed E-state index contributed by atoms with van der Waals surface area (Å²) >= 11 is 0. The lowest BCUT2D eigenvalue weighted by atomic mass is 9.97. The molecule has 9 heteroatoms. The van der Waals surface area contributed by atoms with Crippen molar-refractivity contribution in [2.75, 3.05) is 13.2 Å². The van der Waals surface area contributed by atoms with Crippen molar-refractivity contribution < 1.29 is 27.3 Å². The van der Waals surface area contributed by atoms with Gasteiger partial charge >= 0.3 is 8.80 Å². The second kappa shape index (κ2) is 9.33. The van der Waals surface area contributed by atoms with Crippen LogP contribution in [-0.4, -0.2) is 55.1 Å². The third-order valence-corrected chi connectivity index (χ3v) is 12.0. The van der Waals surface area contributed by atoms with Crippen LogP contribution < -0.4 is 4.74 Å². The fourth-order valence-corrected chi connectivity index (χ4v) is 13.0. The van der Waals surface area contributed by atoms with Gasteiger partial charge in [0.25, 0.3) is 0 Å². The van der Waals surface area contributed by atoms with Crippen LogP contribution in [0, 0.1) is 0 Å². The van der Waals surface area contributed by atoms with Crippen molar-refractivity contribution in [2.45, 2.75) is 65.3 Å². The SMILES string of the molecule is CC(C)(O)C(=O)c1ccc(OCCO[Si](C)(O[Si](C)(C)C)O[Si](C)(C)C)cc1. The normalized spacial score (nSPS) is 13.5. The molecule has 0 amide bonds. The van der Waals surface area contributed by atoms with Gasteiger partial charge in [-0.1, -0.05) is 0 Å². The topological polar surface area (TPSA) is 74.2 Å². The van der Waals surface area contributed by atoms with Crippen molar-refractivity contribution >= 4 is 31.2 Å². The molecule has 0 aliphatic heterocycles. The Kier molecular flexibility index (Phi) is 8.40. The number of ether oxygens (including phenoxy) is 1. The van der Waals surface area contributed by atoms with Gasteiger partial charge < -0.3 is 22.5 Å². The Morgan fingerprint density at radius 2 is 1.36 bits per heavy atom. The monoisotopic (exact) mass is 444 g/mol. The van der Waals surface area contributed by atoms with E-state index in [0.29, 0.717) is 24.5 Å². The highest BCUT2D eigenvalue weighted by molar-refractivity contribution is 6.85. The summed E-state index contributed by atoms with van der Waals surface area (Å²) in [6, 6.07) is 6.73. The van der Waals surface area contributed by atoms with Crippen molar-refractivity contribution in [3.63, 3.8) is 0 Å². The van der Waals surface area contributed by atoms with Gasteiger partial charge in [-0.2, -0.15) is 0 Å². The zero-order chi connectivity index (χ0) is 21.8. The van der Waals surface area contributed by atoms with E-state index in [4.69, 9.17) is 17.4 Å². The van der Waals surface area contributed by atoms with Crippen molar-refractivity contribution in [1.29, 1.82) is 0 Å². The highest BCUT2D eigenvalue weighted by Crippen LogP contribution is 2.22. The molecule has 0 radical (unpaired) electrons. The lowest BCUT2D eigenvalue weighted by Gasteiger charge is -2.37. The first-order valence-corrected chi connectivity index (χ1v) is 18.6. The fourth-order valence-electron chi connectivity index (χ4n) is 2.63. The molecule has 0 saturated heterocycles. The number of hydrogen-bond donors (Lipinski definition) is 1. The van der Waals surface area contributed by atoms with Gasteiger partial charge in [-0.25, -0.2) is 0 Å². The van der Waals surface area contributed by atoms with Crippen molar-refractivity contribution in [3.8, 4) is 5.75 Å². The van der Waals surface area contributed by atoms with Gasteiger partial charge in [0.05, 0.1) is 6.61 Å². The molecule has 0 spiro atoms. The molecule has 0 unspecified atom stereocenters. The minimum absolute atomic E-state index is 0.323. The van der Waals surface area contributed by atoms with Gasteiger partial charge in [0.2, 0.25) is 0 Å². The van der Waals surface area contributed by atoms with Gasteiger partial charge in [0, 0.05) is 12.1 Å². The van der Waals surface area contributed by atoms with Gasteiger partial charge in [-0.3, -0.25) is 4.79 Å². The molecule has 1 rings (SSSR count). The van der Waals surface area contributed by atoms with Crippen LogP contribution in [0.2, 0.25) is 45.8 Å². The van der Waals surface area contributed by atoms with Crippen LogP contribution in [0.3, 0.4) is 0 Å². The van der Waals surface area contributed by atoms with Gasteiger partial charge in [0.1, 0.15) is 18.0 Å². The molecule has 1 aromatic carbocycles. The lowest BCUT2D eigenvalue weighted by Crippen LogP contribution is -2.55. The molecule has 0 bridgehead atoms. The van der Waals surface area contributed by atoms with Gasteiger partial charge in [-0.05, 0) is 77.4 Å². The Hall–Kier alpha value is -0.819. The number of carbonyl (C=O) groups excluding carboxylic acids is 1. The molecule has 1 N–H and O–H groups in total. The molecule has 0 atom stereocenters. The summed E-state index contributed by atoms with van der Waals surface area (Å²) in [5.74, 6) is 0.313. The van der Waals surface area contributed by atoms with Gasteiger partial charge in [-0.15, -0.1) is 0 Å². The molecule has 6 nitrogen and oxygen atoms in total. The zero-order valence-corrected chi connectivity index (χ0v) is 21.7. The Morgan fingerprint density at radius 3 is 1.75 bits per heavy atom. The van der Waals surface area contributed by atoms with Crippen LogP contribution in [0.25, 0.3) is 0 Å². The Balaban J connectivity index is 2.62. The fraction of sp³-hybridized carbons (Fsp3) is 0.632. The van der Waals surface area contributed by atoms with Crippen LogP contribution in [0.1, 0.15) is 24.2 Å². The van der Waals surface area contributed by atoms with E-state index in [1.165, 1.54) is 13.8 Å². The van der Waals surface area contributed by atoms with E-state index < -0.39 is 31.0 Å².